The molecule has 0 unspecified atom stereocenters. The van der Waals surface area contributed by atoms with Crippen LogP contribution in [0.3, 0.4) is 0 Å². The van der Waals surface area contributed by atoms with Gasteiger partial charge in [0.1, 0.15) is 0 Å². The number of hydrogen-bond acceptors (Lipinski definition) is 2. The third-order valence-corrected chi connectivity index (χ3v) is 5.34. The first kappa shape index (κ1) is 22.9. The summed E-state index contributed by atoms with van der Waals surface area (Å²) in [7, 11) is 0.633. The van der Waals surface area contributed by atoms with E-state index in [1.807, 2.05) is 0 Å². The summed E-state index contributed by atoms with van der Waals surface area (Å²) in [5, 5.41) is 0. The summed E-state index contributed by atoms with van der Waals surface area (Å²) in [6, 6.07) is 0. The molecule has 0 aliphatic carbocycles. The Morgan fingerprint density at radius 3 is 1.52 bits per heavy atom. The van der Waals surface area contributed by atoms with Crippen molar-refractivity contribution in [2.24, 2.45) is 0 Å². The fourth-order valence-electron chi connectivity index (χ4n) is 2.96. The fourth-order valence-corrected chi connectivity index (χ4v) is 3.53. The van der Waals surface area contributed by atoms with Crippen LogP contribution in [0.25, 0.3) is 0 Å². The Labute approximate surface area is 145 Å². The van der Waals surface area contributed by atoms with Crippen LogP contribution >= 0.6 is 0 Å². The lowest BCUT2D eigenvalue weighted by Crippen LogP contribution is -2.41. The van der Waals surface area contributed by atoms with E-state index in [0.29, 0.717) is 6.42 Å². The lowest BCUT2D eigenvalue weighted by molar-refractivity contribution is -0.890. The van der Waals surface area contributed by atoms with Gasteiger partial charge in [0.05, 0.1) is 32.9 Å². The molecule has 0 aromatic carbocycles. The predicted molar refractivity (Wildman–Crippen MR) is 99.3 cm³/mol. The van der Waals surface area contributed by atoms with Crippen LogP contribution in [0.2, 0.25) is 0 Å². The zero-order valence-electron chi connectivity index (χ0n) is 15.7. The third-order valence-electron chi connectivity index (χ3n) is 4.53. The van der Waals surface area contributed by atoms with E-state index >= 15 is 0 Å². The van der Waals surface area contributed by atoms with E-state index in [4.69, 9.17) is 4.55 Å². The van der Waals surface area contributed by atoms with Crippen LogP contribution in [0.15, 0.2) is 0 Å². The fraction of sp³-hybridized carbons (Fsp3) is 1.00. The molecule has 0 spiro atoms. The second kappa shape index (κ2) is 13.2. The van der Waals surface area contributed by atoms with Crippen molar-refractivity contribution in [3.63, 3.8) is 0 Å². The van der Waals surface area contributed by atoms with Crippen LogP contribution in [0, 0.1) is 0 Å². The Bertz CT molecular complexity index is 366. The molecule has 5 heteroatoms. The zero-order chi connectivity index (χ0) is 17.6. The van der Waals surface area contributed by atoms with E-state index in [9.17, 15) is 8.42 Å². The van der Waals surface area contributed by atoms with Gasteiger partial charge < -0.3 is 4.48 Å². The quantitative estimate of drug-likeness (QED) is 0.250. The highest BCUT2D eigenvalue weighted by molar-refractivity contribution is 7.85. The molecule has 140 valence electrons. The highest BCUT2D eigenvalue weighted by Crippen LogP contribution is 2.12. The monoisotopic (exact) mass is 350 g/mol. The van der Waals surface area contributed by atoms with Gasteiger partial charge in [-0.05, 0) is 25.7 Å². The Hall–Kier alpha value is -0.130. The maximum absolute atomic E-state index is 10.7. The van der Waals surface area contributed by atoms with E-state index in [0.717, 1.165) is 24.0 Å². The summed E-state index contributed by atoms with van der Waals surface area (Å²) in [6.45, 7) is 4.39. The molecular weight excluding hydrogens is 310 g/mol. The lowest BCUT2D eigenvalue weighted by Gasteiger charge is -2.29. The van der Waals surface area contributed by atoms with Crippen LogP contribution in [0.4, 0.5) is 0 Å². The molecule has 0 saturated carbocycles. The molecular formula is C18H40NO3S+. The Morgan fingerprint density at radius 1 is 0.696 bits per heavy atom. The van der Waals surface area contributed by atoms with Crippen molar-refractivity contribution in [1.29, 1.82) is 0 Å². The molecule has 0 aromatic rings. The third kappa shape index (κ3) is 18.1. The first-order valence-corrected chi connectivity index (χ1v) is 11.1. The van der Waals surface area contributed by atoms with Gasteiger partial charge in [0.15, 0.2) is 0 Å². The van der Waals surface area contributed by atoms with Crippen molar-refractivity contribution in [2.45, 2.75) is 84.0 Å². The maximum Gasteiger partial charge on any atom is 0.264 e. The van der Waals surface area contributed by atoms with E-state index in [1.165, 1.54) is 64.2 Å². The SMILES string of the molecule is CCCCCCCCCCCC[N+](C)(C)CCCCS(=O)(=O)O. The zero-order valence-corrected chi connectivity index (χ0v) is 16.5. The normalized spacial score (nSPS) is 12.7. The van der Waals surface area contributed by atoms with Crippen LogP contribution in [-0.4, -0.2) is 50.4 Å². The lowest BCUT2D eigenvalue weighted by atomic mass is 10.1. The predicted octanol–water partition coefficient (Wildman–Crippen LogP) is 4.65. The smallest absolute Gasteiger partial charge is 0.264 e. The first-order valence-electron chi connectivity index (χ1n) is 9.54. The summed E-state index contributed by atoms with van der Waals surface area (Å²) in [5.41, 5.74) is 0. The summed E-state index contributed by atoms with van der Waals surface area (Å²) in [6.07, 6.45) is 15.0. The number of nitrogens with zero attached hydrogens (tertiary/aromatic N) is 1. The van der Waals surface area contributed by atoms with Crippen molar-refractivity contribution in [2.75, 3.05) is 32.9 Å². The molecule has 0 fully saturated rings. The van der Waals surface area contributed by atoms with Gasteiger partial charge in [0.2, 0.25) is 0 Å². The standard InChI is InChI=1S/C18H39NO3S/c1-4-5-6-7-8-9-10-11-12-13-16-19(2,3)17-14-15-18-23(20,21)22/h4-18H2,1-3H3/p+1. The van der Waals surface area contributed by atoms with Crippen molar-refractivity contribution < 1.29 is 17.5 Å². The van der Waals surface area contributed by atoms with Crippen LogP contribution in [0.5, 0.6) is 0 Å². The topological polar surface area (TPSA) is 54.4 Å². The molecule has 1 N–H and O–H groups in total. The van der Waals surface area contributed by atoms with Crippen molar-refractivity contribution in [3.8, 4) is 0 Å². The van der Waals surface area contributed by atoms with Gasteiger partial charge in [0, 0.05) is 0 Å². The van der Waals surface area contributed by atoms with Crippen molar-refractivity contribution in [3.05, 3.63) is 0 Å². The molecule has 0 heterocycles. The molecule has 0 aliphatic rings. The summed E-state index contributed by atoms with van der Waals surface area (Å²) < 4.78 is 31.0. The molecule has 4 nitrogen and oxygen atoms in total. The minimum absolute atomic E-state index is 0.106. The van der Waals surface area contributed by atoms with E-state index in [1.54, 1.807) is 0 Å². The maximum atomic E-state index is 10.7. The van der Waals surface area contributed by atoms with Gasteiger partial charge in [-0.3, -0.25) is 4.55 Å². The Kier molecular flexibility index (Phi) is 13.1. The highest BCUT2D eigenvalue weighted by Gasteiger charge is 2.14. The largest absolute Gasteiger partial charge is 0.328 e. The van der Waals surface area contributed by atoms with E-state index in [2.05, 4.69) is 21.0 Å². The summed E-state index contributed by atoms with van der Waals surface area (Å²) >= 11 is 0. The summed E-state index contributed by atoms with van der Waals surface area (Å²) in [5.74, 6) is -0.106. The molecule has 0 bridgehead atoms. The van der Waals surface area contributed by atoms with Crippen LogP contribution in [-0.2, 0) is 10.1 Å². The number of rotatable bonds is 16. The molecule has 0 aromatic heterocycles. The minimum Gasteiger partial charge on any atom is -0.328 e. The van der Waals surface area contributed by atoms with E-state index in [-0.39, 0.29) is 5.75 Å². The van der Waals surface area contributed by atoms with Crippen molar-refractivity contribution in [1.82, 2.24) is 0 Å². The second-order valence-corrected chi connectivity index (χ2v) is 9.13. The van der Waals surface area contributed by atoms with E-state index < -0.39 is 10.1 Å². The first-order chi connectivity index (χ1) is 10.8. The van der Waals surface area contributed by atoms with Gasteiger partial charge in [0.25, 0.3) is 10.1 Å². The average Bonchev–Trinajstić information content (AvgIpc) is 2.45. The number of quaternary nitrogens is 1. The van der Waals surface area contributed by atoms with Gasteiger partial charge in [-0.1, -0.05) is 58.3 Å². The van der Waals surface area contributed by atoms with Gasteiger partial charge >= 0.3 is 0 Å². The van der Waals surface area contributed by atoms with Gasteiger partial charge in [-0.2, -0.15) is 8.42 Å². The second-order valence-electron chi connectivity index (χ2n) is 7.56. The number of hydrogen-bond donors (Lipinski definition) is 1. The Balaban J connectivity index is 3.44. The minimum atomic E-state index is -3.79. The van der Waals surface area contributed by atoms with Crippen LogP contribution < -0.4 is 0 Å². The van der Waals surface area contributed by atoms with Gasteiger partial charge in [-0.15, -0.1) is 0 Å². The molecule has 0 aliphatic heterocycles. The molecule has 0 radical (unpaired) electrons. The number of unbranched alkanes of at least 4 members (excludes halogenated alkanes) is 10. The molecule has 0 amide bonds. The summed E-state index contributed by atoms with van der Waals surface area (Å²) in [4.78, 5) is 0. The Morgan fingerprint density at radius 2 is 1.09 bits per heavy atom. The molecule has 23 heavy (non-hydrogen) atoms. The average molecular weight is 351 g/mol. The molecule has 0 atom stereocenters. The molecule has 0 saturated heterocycles. The van der Waals surface area contributed by atoms with Gasteiger partial charge in [-0.25, -0.2) is 0 Å². The highest BCUT2D eigenvalue weighted by atomic mass is 32.2. The van der Waals surface area contributed by atoms with Crippen molar-refractivity contribution >= 4 is 10.1 Å². The molecule has 0 rings (SSSR count). The van der Waals surface area contributed by atoms with Crippen LogP contribution in [0.1, 0.15) is 84.0 Å².